The summed E-state index contributed by atoms with van der Waals surface area (Å²) in [6.07, 6.45) is 0.370. The van der Waals surface area contributed by atoms with Crippen LogP contribution in [0.5, 0.6) is 0 Å². The Balaban J connectivity index is 2.09. The third kappa shape index (κ3) is 4.16. The van der Waals surface area contributed by atoms with Crippen LogP contribution in [0.2, 0.25) is 0 Å². The predicted octanol–water partition coefficient (Wildman–Crippen LogP) is 1.10. The number of aliphatic carboxylic acids is 1. The van der Waals surface area contributed by atoms with Gasteiger partial charge in [-0.15, -0.1) is 0 Å². The number of benzene rings is 1. The average Bonchev–Trinajstić information content (AvgIpc) is 2.56. The number of esters is 1. The monoisotopic (exact) mass is 399 g/mol. The topological polar surface area (TPSA) is 83.9 Å². The zero-order valence-corrected chi connectivity index (χ0v) is 15.4. The van der Waals surface area contributed by atoms with Crippen LogP contribution in [0.4, 0.5) is 0 Å². The van der Waals surface area contributed by atoms with Crippen LogP contribution in [0.3, 0.4) is 0 Å². The normalized spacial score (nSPS) is 19.3. The fourth-order valence-electron chi connectivity index (χ4n) is 2.56. The summed E-state index contributed by atoms with van der Waals surface area (Å²) in [4.78, 5) is 37.0. The van der Waals surface area contributed by atoms with Crippen molar-refractivity contribution in [1.82, 2.24) is 4.90 Å². The van der Waals surface area contributed by atoms with Gasteiger partial charge in [-0.05, 0) is 0 Å². The molecule has 1 fully saturated rings. The fraction of sp³-hybridized carbons (Fsp3) is 0.471. The van der Waals surface area contributed by atoms with Crippen molar-refractivity contribution in [2.75, 3.05) is 6.61 Å². The number of ether oxygens (including phenoxy) is 1. The molecule has 3 atom stereocenters. The quantitative estimate of drug-likeness (QED) is 0.403. The van der Waals surface area contributed by atoms with Crippen molar-refractivity contribution < 1.29 is 24.2 Å². The molecule has 1 saturated heterocycles. The maximum atomic E-state index is 12.2. The Labute approximate surface area is 147 Å². The van der Waals surface area contributed by atoms with E-state index in [1.807, 2.05) is 30.3 Å². The zero-order chi connectivity index (χ0) is 17.7. The van der Waals surface area contributed by atoms with E-state index in [-0.39, 0.29) is 32.4 Å². The van der Waals surface area contributed by atoms with Crippen molar-refractivity contribution in [3.8, 4) is 0 Å². The van der Waals surface area contributed by atoms with E-state index >= 15 is 0 Å². The van der Waals surface area contributed by atoms with Crippen LogP contribution in [-0.2, 0) is 24.4 Å². The van der Waals surface area contributed by atoms with E-state index in [9.17, 15) is 19.5 Å². The van der Waals surface area contributed by atoms with E-state index in [1.54, 1.807) is 6.92 Å². The number of β-lactam (4-membered cyclic amide) rings is 1. The predicted molar refractivity (Wildman–Crippen MR) is 88.4 cm³/mol. The minimum absolute atomic E-state index is 0.0677. The van der Waals surface area contributed by atoms with Gasteiger partial charge in [0.25, 0.3) is 0 Å². The van der Waals surface area contributed by atoms with Crippen LogP contribution in [0, 0.1) is 5.92 Å². The summed E-state index contributed by atoms with van der Waals surface area (Å²) in [5.74, 6) is -2.92. The van der Waals surface area contributed by atoms with Crippen molar-refractivity contribution in [1.29, 1.82) is 0 Å². The molecule has 1 aromatic rings. The molecule has 3 unspecified atom stereocenters. The molecule has 1 aromatic carbocycles. The second-order valence-corrected chi connectivity index (χ2v) is 8.03. The Morgan fingerprint density at radius 1 is 1.38 bits per heavy atom. The number of rotatable bonds is 8. The third-order valence-electron chi connectivity index (χ3n) is 3.92. The molecule has 6 nitrogen and oxygen atoms in total. The van der Waals surface area contributed by atoms with Crippen molar-refractivity contribution in [2.24, 2.45) is 5.92 Å². The Hall–Kier alpha value is -1.85. The van der Waals surface area contributed by atoms with Gasteiger partial charge in [0, 0.05) is 0 Å². The minimum atomic E-state index is -1.11. The van der Waals surface area contributed by atoms with Crippen molar-refractivity contribution >= 4 is 32.8 Å². The van der Waals surface area contributed by atoms with Gasteiger partial charge in [0.05, 0.1) is 0 Å². The number of carboxylic acids is 1. The van der Waals surface area contributed by atoms with Crippen LogP contribution in [0.1, 0.15) is 25.8 Å². The number of likely N-dealkylation sites (tertiary alicyclic amines) is 1. The van der Waals surface area contributed by atoms with E-state index in [0.29, 0.717) is 6.42 Å². The molecule has 7 heteroatoms. The molecule has 0 aromatic heterocycles. The second kappa shape index (κ2) is 8.31. The number of amides is 1. The first-order valence-corrected chi connectivity index (χ1v) is 10.0. The summed E-state index contributed by atoms with van der Waals surface area (Å²) in [6, 6.07) is 8.86. The number of carbonyl (C=O) groups is 3. The van der Waals surface area contributed by atoms with Gasteiger partial charge in [-0.1, -0.05) is 0 Å². The van der Waals surface area contributed by atoms with Crippen molar-refractivity contribution in [2.45, 2.75) is 36.6 Å². The number of nitrogens with zero attached hydrogens (tertiary/aromatic N) is 1. The maximum absolute atomic E-state index is 12.2. The summed E-state index contributed by atoms with van der Waals surface area (Å²) in [6.45, 7) is 3.26. The molecule has 1 aliphatic heterocycles. The van der Waals surface area contributed by atoms with Gasteiger partial charge >= 0.3 is 147 Å². The van der Waals surface area contributed by atoms with Gasteiger partial charge in [-0.25, -0.2) is 0 Å². The van der Waals surface area contributed by atoms with E-state index in [0.717, 1.165) is 5.32 Å². The Kier molecular flexibility index (Phi) is 6.40. The first kappa shape index (κ1) is 18.5. The Bertz CT molecular complexity index is 606. The first-order chi connectivity index (χ1) is 11.5. The van der Waals surface area contributed by atoms with Gasteiger partial charge in [0.15, 0.2) is 0 Å². The summed E-state index contributed by atoms with van der Waals surface area (Å²) in [7, 11) is 0. The number of carbonyl (C=O) groups excluding carboxylic acids is 2. The van der Waals surface area contributed by atoms with Gasteiger partial charge < -0.3 is 0 Å². The summed E-state index contributed by atoms with van der Waals surface area (Å²) in [5.41, 5.74) is 1.18. The van der Waals surface area contributed by atoms with Crippen molar-refractivity contribution in [3.05, 3.63) is 35.9 Å². The van der Waals surface area contributed by atoms with Gasteiger partial charge in [0.1, 0.15) is 0 Å². The Morgan fingerprint density at radius 2 is 2.04 bits per heavy atom. The molecule has 0 spiro atoms. The van der Waals surface area contributed by atoms with Crippen LogP contribution in [0.15, 0.2) is 30.3 Å². The molecular formula is C17H21NO5Se. The van der Waals surface area contributed by atoms with E-state index in [1.165, 1.54) is 17.4 Å². The van der Waals surface area contributed by atoms with Gasteiger partial charge in [-0.3, -0.25) is 0 Å². The van der Waals surface area contributed by atoms with Gasteiger partial charge in [0.2, 0.25) is 0 Å². The molecule has 130 valence electrons. The molecule has 0 saturated carbocycles. The molecule has 24 heavy (non-hydrogen) atoms. The van der Waals surface area contributed by atoms with Gasteiger partial charge in [-0.2, -0.15) is 0 Å². The summed E-state index contributed by atoms with van der Waals surface area (Å²) < 4.78 is 5.00. The third-order valence-corrected chi connectivity index (χ3v) is 6.61. The van der Waals surface area contributed by atoms with Crippen molar-refractivity contribution in [3.63, 3.8) is 0 Å². The molecule has 0 radical (unpaired) electrons. The Morgan fingerprint density at radius 3 is 2.58 bits per heavy atom. The molecule has 1 N–H and O–H groups in total. The number of hydrogen-bond donors (Lipinski definition) is 1. The van der Waals surface area contributed by atoms with Crippen LogP contribution in [-0.4, -0.2) is 60.4 Å². The molecular weight excluding hydrogens is 377 g/mol. The fourth-order valence-corrected chi connectivity index (χ4v) is 5.18. The van der Waals surface area contributed by atoms with Crippen LogP contribution in [0.25, 0.3) is 0 Å². The average molecular weight is 398 g/mol. The number of hydrogen-bond acceptors (Lipinski definition) is 4. The van der Waals surface area contributed by atoms with Crippen LogP contribution >= 0.6 is 0 Å². The zero-order valence-electron chi connectivity index (χ0n) is 13.7. The summed E-state index contributed by atoms with van der Waals surface area (Å²) in [5, 5.41) is 10.1. The summed E-state index contributed by atoms with van der Waals surface area (Å²) >= 11 is 0.0677. The second-order valence-electron chi connectivity index (χ2n) is 5.58. The molecule has 2 rings (SSSR count). The standard InChI is InChI=1S/C17H21NO5Se/c1-3-23-17(22)15(11(2)16(20)21)18-13(19)9-14(18)24-10-12-7-5-4-6-8-12/h4-8,11,14-15H,3,9-10H2,1-2H3,(H,20,21). The molecule has 1 heterocycles. The van der Waals surface area contributed by atoms with E-state index in [4.69, 9.17) is 4.74 Å². The molecule has 0 bridgehead atoms. The SMILES string of the molecule is CCOC(=O)C(C(C)C(=O)O)N1C(=O)CC1[Se]Cc1ccccc1. The molecule has 1 amide bonds. The van der Waals surface area contributed by atoms with E-state index < -0.39 is 23.9 Å². The van der Waals surface area contributed by atoms with E-state index in [2.05, 4.69) is 0 Å². The molecule has 0 aliphatic carbocycles. The van der Waals surface area contributed by atoms with Crippen LogP contribution < -0.4 is 0 Å². The number of carboxylic acid groups (broad SMARTS) is 1. The first-order valence-electron chi connectivity index (χ1n) is 7.81. The molecule has 1 aliphatic rings.